The number of hydrazine groups is 1. The molecule has 0 radical (unpaired) electrons. The molecule has 0 bridgehead atoms. The SMILES string of the molecule is Cc1ccc(C(=O)CCC(=O)NNC(=O)c2oc3ccccc3c2C)cc1C. The van der Waals surface area contributed by atoms with Gasteiger partial charge in [0.05, 0.1) is 0 Å². The highest BCUT2D eigenvalue weighted by molar-refractivity contribution is 6.00. The van der Waals surface area contributed by atoms with Crippen LogP contribution in [0.1, 0.15) is 50.4 Å². The fraction of sp³-hybridized carbons (Fsp3) is 0.227. The molecule has 3 aromatic rings. The lowest BCUT2D eigenvalue weighted by atomic mass is 10.0. The van der Waals surface area contributed by atoms with E-state index in [1.807, 2.05) is 44.2 Å². The number of para-hydroxylation sites is 1. The van der Waals surface area contributed by atoms with Gasteiger partial charge in [-0.2, -0.15) is 0 Å². The second-order valence-electron chi connectivity index (χ2n) is 6.78. The molecule has 0 saturated carbocycles. The van der Waals surface area contributed by atoms with Crippen LogP contribution in [0.25, 0.3) is 11.0 Å². The number of ketones is 1. The third-order valence-electron chi connectivity index (χ3n) is 4.77. The quantitative estimate of drug-likeness (QED) is 0.522. The first-order chi connectivity index (χ1) is 13.4. The smallest absolute Gasteiger partial charge is 0.305 e. The lowest BCUT2D eigenvalue weighted by Crippen LogP contribution is -2.41. The Labute approximate surface area is 162 Å². The monoisotopic (exact) mass is 378 g/mol. The van der Waals surface area contributed by atoms with E-state index in [1.54, 1.807) is 19.1 Å². The van der Waals surface area contributed by atoms with Crippen LogP contribution in [0.15, 0.2) is 46.9 Å². The van der Waals surface area contributed by atoms with E-state index < -0.39 is 11.8 Å². The van der Waals surface area contributed by atoms with Crippen molar-refractivity contribution >= 4 is 28.6 Å². The first kappa shape index (κ1) is 19.4. The summed E-state index contributed by atoms with van der Waals surface area (Å²) in [4.78, 5) is 36.5. The van der Waals surface area contributed by atoms with Crippen LogP contribution in [0, 0.1) is 20.8 Å². The van der Waals surface area contributed by atoms with Crippen molar-refractivity contribution in [2.45, 2.75) is 33.6 Å². The van der Waals surface area contributed by atoms with E-state index in [4.69, 9.17) is 4.42 Å². The Hall–Kier alpha value is -3.41. The van der Waals surface area contributed by atoms with Crippen molar-refractivity contribution < 1.29 is 18.8 Å². The Morgan fingerprint density at radius 1 is 0.893 bits per heavy atom. The van der Waals surface area contributed by atoms with Gasteiger partial charge in [-0.3, -0.25) is 25.2 Å². The third-order valence-corrected chi connectivity index (χ3v) is 4.77. The van der Waals surface area contributed by atoms with Crippen molar-refractivity contribution in [2.75, 3.05) is 0 Å². The highest BCUT2D eigenvalue weighted by atomic mass is 16.3. The molecule has 1 aromatic heterocycles. The summed E-state index contributed by atoms with van der Waals surface area (Å²) in [6, 6.07) is 12.8. The number of amides is 2. The zero-order valence-corrected chi connectivity index (χ0v) is 16.1. The number of fused-ring (bicyclic) bond motifs is 1. The van der Waals surface area contributed by atoms with Crippen LogP contribution in [0.4, 0.5) is 0 Å². The highest BCUT2D eigenvalue weighted by Gasteiger charge is 2.18. The maximum absolute atomic E-state index is 12.3. The number of carbonyl (C=O) groups is 3. The molecule has 0 aliphatic rings. The fourth-order valence-corrected chi connectivity index (χ4v) is 2.92. The van der Waals surface area contributed by atoms with Crippen LogP contribution >= 0.6 is 0 Å². The molecule has 0 fully saturated rings. The minimum atomic E-state index is -0.539. The average molecular weight is 378 g/mol. The Morgan fingerprint density at radius 3 is 2.36 bits per heavy atom. The van der Waals surface area contributed by atoms with Crippen LogP contribution in [0.5, 0.6) is 0 Å². The zero-order valence-electron chi connectivity index (χ0n) is 16.1. The van der Waals surface area contributed by atoms with Gasteiger partial charge >= 0.3 is 5.91 Å². The summed E-state index contributed by atoms with van der Waals surface area (Å²) >= 11 is 0. The standard InChI is InChI=1S/C22H22N2O4/c1-13-8-9-16(12-14(13)2)18(25)10-11-20(26)23-24-22(27)21-15(3)17-6-4-5-7-19(17)28-21/h4-9,12H,10-11H2,1-3H3,(H,23,26)(H,24,27). The van der Waals surface area contributed by atoms with Crippen LogP contribution < -0.4 is 10.9 Å². The van der Waals surface area contributed by atoms with Crippen molar-refractivity contribution in [3.63, 3.8) is 0 Å². The van der Waals surface area contributed by atoms with Gasteiger partial charge in [0, 0.05) is 29.4 Å². The zero-order chi connectivity index (χ0) is 20.3. The number of Topliss-reactive ketones (excluding diaryl/α,β-unsaturated/α-hetero) is 1. The van der Waals surface area contributed by atoms with Crippen molar-refractivity contribution in [3.8, 4) is 0 Å². The molecule has 3 rings (SSSR count). The minimum absolute atomic E-state index is 0.0227. The molecule has 144 valence electrons. The molecule has 0 aliphatic carbocycles. The largest absolute Gasteiger partial charge is 0.451 e. The topological polar surface area (TPSA) is 88.4 Å². The molecule has 0 aliphatic heterocycles. The van der Waals surface area contributed by atoms with E-state index in [0.29, 0.717) is 16.7 Å². The number of benzene rings is 2. The summed E-state index contributed by atoms with van der Waals surface area (Å²) in [6.45, 7) is 5.70. The highest BCUT2D eigenvalue weighted by Crippen LogP contribution is 2.24. The van der Waals surface area contributed by atoms with Crippen LogP contribution in [-0.4, -0.2) is 17.6 Å². The van der Waals surface area contributed by atoms with Gasteiger partial charge in [-0.05, 0) is 44.0 Å². The molecule has 0 unspecified atom stereocenters. The van der Waals surface area contributed by atoms with E-state index in [0.717, 1.165) is 16.5 Å². The van der Waals surface area contributed by atoms with Gasteiger partial charge < -0.3 is 4.42 Å². The van der Waals surface area contributed by atoms with Crippen LogP contribution in [-0.2, 0) is 4.79 Å². The summed E-state index contributed by atoms with van der Waals surface area (Å²) in [6.07, 6.45) is 0.0407. The average Bonchev–Trinajstić information content (AvgIpc) is 3.03. The number of aryl methyl sites for hydroxylation is 3. The lowest BCUT2D eigenvalue weighted by Gasteiger charge is -2.07. The van der Waals surface area contributed by atoms with Crippen molar-refractivity contribution in [2.24, 2.45) is 0 Å². The Kier molecular flexibility index (Phi) is 5.59. The molecule has 6 nitrogen and oxygen atoms in total. The van der Waals surface area contributed by atoms with E-state index in [1.165, 1.54) is 0 Å². The van der Waals surface area contributed by atoms with Gasteiger partial charge in [-0.1, -0.05) is 30.3 Å². The number of furan rings is 1. The first-order valence-corrected chi connectivity index (χ1v) is 9.04. The van der Waals surface area contributed by atoms with E-state index in [-0.39, 0.29) is 24.4 Å². The molecule has 6 heteroatoms. The number of nitrogens with one attached hydrogen (secondary N) is 2. The van der Waals surface area contributed by atoms with Crippen molar-refractivity contribution in [3.05, 3.63) is 70.5 Å². The molecular weight excluding hydrogens is 356 g/mol. The normalized spacial score (nSPS) is 10.7. The molecule has 2 amide bonds. The Morgan fingerprint density at radius 2 is 1.64 bits per heavy atom. The first-order valence-electron chi connectivity index (χ1n) is 9.04. The van der Waals surface area contributed by atoms with Gasteiger partial charge in [-0.15, -0.1) is 0 Å². The van der Waals surface area contributed by atoms with Crippen LogP contribution in [0.3, 0.4) is 0 Å². The fourth-order valence-electron chi connectivity index (χ4n) is 2.92. The van der Waals surface area contributed by atoms with Gasteiger partial charge in [0.15, 0.2) is 11.5 Å². The van der Waals surface area contributed by atoms with E-state index in [2.05, 4.69) is 10.9 Å². The predicted octanol–water partition coefficient (Wildman–Crippen LogP) is 3.78. The van der Waals surface area contributed by atoms with Gasteiger partial charge in [0.1, 0.15) is 5.58 Å². The van der Waals surface area contributed by atoms with Gasteiger partial charge in [0.25, 0.3) is 0 Å². The number of hydrogen-bond donors (Lipinski definition) is 2. The van der Waals surface area contributed by atoms with Gasteiger partial charge in [0.2, 0.25) is 5.91 Å². The molecule has 2 aromatic carbocycles. The summed E-state index contributed by atoms with van der Waals surface area (Å²) in [5, 5.41) is 0.845. The molecular formula is C22H22N2O4. The number of hydrogen-bond acceptors (Lipinski definition) is 4. The summed E-state index contributed by atoms with van der Waals surface area (Å²) < 4.78 is 5.55. The predicted molar refractivity (Wildman–Crippen MR) is 106 cm³/mol. The van der Waals surface area contributed by atoms with Crippen molar-refractivity contribution in [1.29, 1.82) is 0 Å². The van der Waals surface area contributed by atoms with Crippen LogP contribution in [0.2, 0.25) is 0 Å². The summed E-state index contributed by atoms with van der Waals surface area (Å²) in [5.41, 5.74) is 8.70. The molecule has 1 heterocycles. The maximum atomic E-state index is 12.3. The Balaban J connectivity index is 1.53. The molecule has 0 spiro atoms. The summed E-state index contributed by atoms with van der Waals surface area (Å²) in [7, 11) is 0. The second-order valence-corrected chi connectivity index (χ2v) is 6.78. The molecule has 0 saturated heterocycles. The molecule has 0 atom stereocenters. The number of rotatable bonds is 5. The molecule has 2 N–H and O–H groups in total. The molecule has 28 heavy (non-hydrogen) atoms. The summed E-state index contributed by atoms with van der Waals surface area (Å²) in [5.74, 6) is -0.952. The second kappa shape index (κ2) is 8.08. The van der Waals surface area contributed by atoms with E-state index in [9.17, 15) is 14.4 Å². The van der Waals surface area contributed by atoms with Gasteiger partial charge in [-0.25, -0.2) is 0 Å². The van der Waals surface area contributed by atoms with Crippen molar-refractivity contribution in [1.82, 2.24) is 10.9 Å². The maximum Gasteiger partial charge on any atom is 0.305 e. The number of carbonyl (C=O) groups excluding carboxylic acids is 3. The van der Waals surface area contributed by atoms with E-state index >= 15 is 0 Å². The third kappa shape index (κ3) is 4.11. The lowest BCUT2D eigenvalue weighted by molar-refractivity contribution is -0.121. The minimum Gasteiger partial charge on any atom is -0.451 e. The Bertz CT molecular complexity index is 1070.